The molecule has 1 N–H and O–H groups in total. The standard InChI is InChI=1S/C14H15BrO/c1-9-4-3-5-12-13(9)10(2)8-11(6-7-16)14(12)15/h3-5,8,16H,6-7H2,1-2H3. The summed E-state index contributed by atoms with van der Waals surface area (Å²) in [7, 11) is 0. The lowest BCUT2D eigenvalue weighted by Gasteiger charge is -2.12. The van der Waals surface area contributed by atoms with Gasteiger partial charge < -0.3 is 5.11 Å². The molecule has 0 saturated heterocycles. The van der Waals surface area contributed by atoms with Gasteiger partial charge in [-0.2, -0.15) is 0 Å². The van der Waals surface area contributed by atoms with Gasteiger partial charge >= 0.3 is 0 Å². The molecule has 1 nitrogen and oxygen atoms in total. The first-order chi connectivity index (χ1) is 7.65. The van der Waals surface area contributed by atoms with Crippen molar-refractivity contribution in [1.82, 2.24) is 0 Å². The molecule has 0 aliphatic heterocycles. The predicted molar refractivity (Wildman–Crippen MR) is 71.9 cm³/mol. The van der Waals surface area contributed by atoms with Gasteiger partial charge in [-0.3, -0.25) is 0 Å². The van der Waals surface area contributed by atoms with Crippen molar-refractivity contribution in [2.75, 3.05) is 6.61 Å². The largest absolute Gasteiger partial charge is 0.396 e. The molecule has 0 heterocycles. The second-order valence-electron chi connectivity index (χ2n) is 4.14. The number of aliphatic hydroxyl groups excluding tert-OH is 1. The summed E-state index contributed by atoms with van der Waals surface area (Å²) in [6.45, 7) is 4.45. The zero-order valence-electron chi connectivity index (χ0n) is 9.55. The van der Waals surface area contributed by atoms with Crippen molar-refractivity contribution in [1.29, 1.82) is 0 Å². The molecule has 16 heavy (non-hydrogen) atoms. The first-order valence-corrected chi connectivity index (χ1v) is 6.22. The van der Waals surface area contributed by atoms with E-state index in [1.54, 1.807) is 0 Å². The zero-order valence-corrected chi connectivity index (χ0v) is 11.1. The van der Waals surface area contributed by atoms with Gasteiger partial charge in [0.2, 0.25) is 0 Å². The molecule has 0 amide bonds. The van der Waals surface area contributed by atoms with E-state index in [9.17, 15) is 0 Å². The summed E-state index contributed by atoms with van der Waals surface area (Å²) in [5, 5.41) is 11.6. The van der Waals surface area contributed by atoms with Crippen molar-refractivity contribution >= 4 is 26.7 Å². The molecule has 0 atom stereocenters. The maximum atomic E-state index is 9.04. The fourth-order valence-corrected chi connectivity index (χ4v) is 2.89. The summed E-state index contributed by atoms with van der Waals surface area (Å²) >= 11 is 3.64. The molecule has 0 spiro atoms. The third-order valence-corrected chi connectivity index (χ3v) is 3.89. The second-order valence-corrected chi connectivity index (χ2v) is 4.93. The van der Waals surface area contributed by atoms with E-state index in [-0.39, 0.29) is 6.61 Å². The van der Waals surface area contributed by atoms with E-state index in [1.165, 1.54) is 27.5 Å². The molecule has 84 valence electrons. The van der Waals surface area contributed by atoms with Crippen LogP contribution in [0.15, 0.2) is 28.7 Å². The van der Waals surface area contributed by atoms with E-state index >= 15 is 0 Å². The third-order valence-electron chi connectivity index (χ3n) is 2.96. The average Bonchev–Trinajstić information content (AvgIpc) is 2.25. The van der Waals surface area contributed by atoms with Gasteiger partial charge in [-0.1, -0.05) is 24.3 Å². The van der Waals surface area contributed by atoms with E-state index in [2.05, 4.69) is 54.0 Å². The van der Waals surface area contributed by atoms with Crippen molar-refractivity contribution in [2.24, 2.45) is 0 Å². The molecule has 2 aromatic carbocycles. The monoisotopic (exact) mass is 278 g/mol. The number of fused-ring (bicyclic) bond motifs is 1. The smallest absolute Gasteiger partial charge is 0.0471 e. The molecule has 2 rings (SSSR count). The highest BCUT2D eigenvalue weighted by Gasteiger charge is 2.09. The Bertz CT molecular complexity index is 532. The maximum absolute atomic E-state index is 9.04. The van der Waals surface area contributed by atoms with Crippen LogP contribution in [0.5, 0.6) is 0 Å². The molecule has 0 saturated carbocycles. The first kappa shape index (κ1) is 11.6. The number of hydrogen-bond donors (Lipinski definition) is 1. The maximum Gasteiger partial charge on any atom is 0.0471 e. The SMILES string of the molecule is Cc1cccc2c(Br)c(CCO)cc(C)c12. The number of aryl methyl sites for hydroxylation is 2. The highest BCUT2D eigenvalue weighted by atomic mass is 79.9. The summed E-state index contributed by atoms with van der Waals surface area (Å²) in [4.78, 5) is 0. The van der Waals surface area contributed by atoms with Gasteiger partial charge in [-0.25, -0.2) is 0 Å². The van der Waals surface area contributed by atoms with Crippen LogP contribution in [0.1, 0.15) is 16.7 Å². The zero-order chi connectivity index (χ0) is 11.7. The van der Waals surface area contributed by atoms with Crippen LogP contribution >= 0.6 is 15.9 Å². The van der Waals surface area contributed by atoms with Gasteiger partial charge in [0, 0.05) is 11.1 Å². The van der Waals surface area contributed by atoms with Crippen LogP contribution in [0.4, 0.5) is 0 Å². The highest BCUT2D eigenvalue weighted by molar-refractivity contribution is 9.10. The average molecular weight is 279 g/mol. The number of halogens is 1. The quantitative estimate of drug-likeness (QED) is 0.887. The second kappa shape index (κ2) is 4.56. The van der Waals surface area contributed by atoms with E-state index in [4.69, 9.17) is 5.11 Å². The molecular formula is C14H15BrO. The Labute approximate surface area is 104 Å². The van der Waals surface area contributed by atoms with Gasteiger partial charge in [0.1, 0.15) is 0 Å². The van der Waals surface area contributed by atoms with Crippen LogP contribution in [-0.4, -0.2) is 11.7 Å². The van der Waals surface area contributed by atoms with E-state index < -0.39 is 0 Å². The lowest BCUT2D eigenvalue weighted by molar-refractivity contribution is 0.299. The lowest BCUT2D eigenvalue weighted by atomic mass is 9.97. The van der Waals surface area contributed by atoms with Gasteiger partial charge in [0.15, 0.2) is 0 Å². The highest BCUT2D eigenvalue weighted by Crippen LogP contribution is 2.32. The van der Waals surface area contributed by atoms with Crippen molar-refractivity contribution in [3.8, 4) is 0 Å². The summed E-state index contributed by atoms with van der Waals surface area (Å²) in [5.41, 5.74) is 3.75. The van der Waals surface area contributed by atoms with Crippen molar-refractivity contribution in [3.05, 3.63) is 45.4 Å². The number of benzene rings is 2. The fourth-order valence-electron chi connectivity index (χ4n) is 2.25. The van der Waals surface area contributed by atoms with Crippen molar-refractivity contribution in [3.63, 3.8) is 0 Å². The van der Waals surface area contributed by atoms with Crippen LogP contribution in [0.3, 0.4) is 0 Å². The Kier molecular flexibility index (Phi) is 3.31. The van der Waals surface area contributed by atoms with E-state index in [0.717, 1.165) is 4.47 Å². The molecule has 0 aliphatic rings. The Morgan fingerprint density at radius 2 is 1.94 bits per heavy atom. The molecule has 0 bridgehead atoms. The molecule has 2 heteroatoms. The van der Waals surface area contributed by atoms with Crippen LogP contribution in [0.25, 0.3) is 10.8 Å². The molecule has 0 radical (unpaired) electrons. The van der Waals surface area contributed by atoms with Crippen molar-refractivity contribution in [2.45, 2.75) is 20.3 Å². The van der Waals surface area contributed by atoms with Crippen molar-refractivity contribution < 1.29 is 5.11 Å². The van der Waals surface area contributed by atoms with E-state index in [0.29, 0.717) is 6.42 Å². The van der Waals surface area contributed by atoms with Crippen LogP contribution < -0.4 is 0 Å². The molecular weight excluding hydrogens is 264 g/mol. The van der Waals surface area contributed by atoms with E-state index in [1.807, 2.05) is 0 Å². The van der Waals surface area contributed by atoms with Gasteiger partial charge in [-0.15, -0.1) is 0 Å². The summed E-state index contributed by atoms with van der Waals surface area (Å²) in [5.74, 6) is 0. The van der Waals surface area contributed by atoms with Gasteiger partial charge in [-0.05, 0) is 63.7 Å². The van der Waals surface area contributed by atoms with Gasteiger partial charge in [0.05, 0.1) is 0 Å². The van der Waals surface area contributed by atoms with Crippen LogP contribution in [0.2, 0.25) is 0 Å². The summed E-state index contributed by atoms with van der Waals surface area (Å²) in [6.07, 6.45) is 0.700. The number of rotatable bonds is 2. The minimum atomic E-state index is 0.190. The topological polar surface area (TPSA) is 20.2 Å². The lowest BCUT2D eigenvalue weighted by Crippen LogP contribution is -1.95. The minimum Gasteiger partial charge on any atom is -0.396 e. The Morgan fingerprint density at radius 1 is 1.19 bits per heavy atom. The Hall–Kier alpha value is -0.860. The fraction of sp³-hybridized carbons (Fsp3) is 0.286. The summed E-state index contributed by atoms with van der Waals surface area (Å²) < 4.78 is 1.12. The first-order valence-electron chi connectivity index (χ1n) is 5.43. The third kappa shape index (κ3) is 1.87. The number of hydrogen-bond acceptors (Lipinski definition) is 1. The molecule has 0 fully saturated rings. The van der Waals surface area contributed by atoms with Crippen LogP contribution in [0, 0.1) is 13.8 Å². The Morgan fingerprint density at radius 3 is 2.62 bits per heavy atom. The Balaban J connectivity index is 2.79. The molecule has 0 aromatic heterocycles. The van der Waals surface area contributed by atoms with Crippen LogP contribution in [-0.2, 0) is 6.42 Å². The predicted octanol–water partition coefficient (Wildman–Crippen LogP) is 3.75. The molecule has 2 aromatic rings. The minimum absolute atomic E-state index is 0.190. The molecule has 0 aliphatic carbocycles. The molecule has 0 unspecified atom stereocenters. The van der Waals surface area contributed by atoms with Gasteiger partial charge in [0.25, 0.3) is 0 Å². The number of aliphatic hydroxyl groups is 1. The summed E-state index contributed by atoms with van der Waals surface area (Å²) in [6, 6.07) is 8.49. The normalized spacial score (nSPS) is 11.0.